The van der Waals surface area contributed by atoms with E-state index in [2.05, 4.69) is 15.8 Å². The highest BCUT2D eigenvalue weighted by Gasteiger charge is 2.44. The Labute approximate surface area is 176 Å². The molecule has 30 heavy (non-hydrogen) atoms. The second-order valence-electron chi connectivity index (χ2n) is 9.22. The molecule has 0 saturated heterocycles. The van der Waals surface area contributed by atoms with E-state index in [-0.39, 0.29) is 24.0 Å². The molecular weight excluding hydrogens is 384 g/mol. The average Bonchev–Trinajstić information content (AvgIpc) is 3.23. The molecule has 2 unspecified atom stereocenters. The fraction of sp³-hybridized carbons (Fsp3) is 0.500. The van der Waals surface area contributed by atoms with Crippen molar-refractivity contribution >= 4 is 29.2 Å². The normalized spacial score (nSPS) is 19.5. The predicted molar refractivity (Wildman–Crippen MR) is 112 cm³/mol. The summed E-state index contributed by atoms with van der Waals surface area (Å²) in [5, 5.41) is 6.93. The van der Waals surface area contributed by atoms with Crippen LogP contribution in [0.25, 0.3) is 0 Å². The summed E-state index contributed by atoms with van der Waals surface area (Å²) in [6, 6.07) is 4.95. The quantitative estimate of drug-likeness (QED) is 0.694. The van der Waals surface area contributed by atoms with Crippen LogP contribution in [0.4, 0.5) is 0 Å². The molecule has 3 rings (SSSR count). The third-order valence-corrected chi connectivity index (χ3v) is 4.99. The van der Waals surface area contributed by atoms with Crippen LogP contribution in [0.3, 0.4) is 0 Å². The first-order valence-electron chi connectivity index (χ1n) is 10.1. The summed E-state index contributed by atoms with van der Waals surface area (Å²) < 4.78 is 0. The first-order valence-corrected chi connectivity index (χ1v) is 10.1. The van der Waals surface area contributed by atoms with Gasteiger partial charge < -0.3 is 5.32 Å². The molecule has 0 radical (unpaired) electrons. The molecule has 3 amide bonds. The van der Waals surface area contributed by atoms with Crippen LogP contribution in [0.15, 0.2) is 29.4 Å². The summed E-state index contributed by atoms with van der Waals surface area (Å²) in [4.78, 5) is 52.6. The van der Waals surface area contributed by atoms with E-state index in [9.17, 15) is 19.2 Å². The van der Waals surface area contributed by atoms with E-state index in [1.807, 2.05) is 34.6 Å². The maximum Gasteiger partial charge on any atom is 0.262 e. The monoisotopic (exact) mass is 412 g/mol. The van der Waals surface area contributed by atoms with E-state index >= 15 is 0 Å². The lowest BCUT2D eigenvalue weighted by atomic mass is 9.94. The summed E-state index contributed by atoms with van der Waals surface area (Å²) >= 11 is 0. The molecule has 2 aliphatic rings. The second kappa shape index (κ2) is 8.01. The average molecular weight is 412 g/mol. The Balaban J connectivity index is 1.81. The van der Waals surface area contributed by atoms with Crippen molar-refractivity contribution in [3.63, 3.8) is 0 Å². The van der Waals surface area contributed by atoms with Gasteiger partial charge in [-0.15, -0.1) is 0 Å². The molecule has 1 aromatic rings. The van der Waals surface area contributed by atoms with E-state index in [0.29, 0.717) is 17.5 Å². The summed E-state index contributed by atoms with van der Waals surface area (Å²) in [5.41, 5.74) is 3.08. The first kappa shape index (κ1) is 21.7. The Kier molecular flexibility index (Phi) is 5.78. The van der Waals surface area contributed by atoms with Crippen molar-refractivity contribution in [2.75, 3.05) is 0 Å². The zero-order chi connectivity index (χ0) is 22.2. The van der Waals surface area contributed by atoms with Gasteiger partial charge in [0.05, 0.1) is 11.1 Å². The van der Waals surface area contributed by atoms with Crippen LogP contribution in [0.5, 0.6) is 0 Å². The Morgan fingerprint density at radius 1 is 1.17 bits per heavy atom. The van der Waals surface area contributed by atoms with Gasteiger partial charge in [0.15, 0.2) is 0 Å². The van der Waals surface area contributed by atoms with E-state index in [4.69, 9.17) is 0 Å². The van der Waals surface area contributed by atoms with Crippen molar-refractivity contribution < 1.29 is 19.2 Å². The van der Waals surface area contributed by atoms with E-state index < -0.39 is 35.2 Å². The topological polar surface area (TPSA) is 108 Å². The molecule has 2 heterocycles. The Morgan fingerprint density at radius 3 is 2.23 bits per heavy atom. The maximum absolute atomic E-state index is 13.3. The molecular formula is C22H28N4O4. The van der Waals surface area contributed by atoms with Gasteiger partial charge in [-0.1, -0.05) is 26.0 Å². The fourth-order valence-electron chi connectivity index (χ4n) is 3.66. The van der Waals surface area contributed by atoms with Gasteiger partial charge in [-0.25, -0.2) is 0 Å². The van der Waals surface area contributed by atoms with Crippen molar-refractivity contribution in [2.45, 2.75) is 65.1 Å². The lowest BCUT2D eigenvalue weighted by Crippen LogP contribution is -2.49. The van der Waals surface area contributed by atoms with Gasteiger partial charge in [-0.3, -0.25) is 29.5 Å². The Hall–Kier alpha value is -3.03. The third kappa shape index (κ3) is 4.27. The van der Waals surface area contributed by atoms with Gasteiger partial charge in [0, 0.05) is 12.0 Å². The highest BCUT2D eigenvalue weighted by Crippen LogP contribution is 2.28. The lowest BCUT2D eigenvalue weighted by molar-refractivity contribution is -0.124. The molecule has 0 fully saturated rings. The number of amides is 3. The summed E-state index contributed by atoms with van der Waals surface area (Å²) in [5.74, 6) is -1.53. The molecule has 8 heteroatoms. The summed E-state index contributed by atoms with van der Waals surface area (Å²) in [7, 11) is 0. The molecule has 160 valence electrons. The van der Waals surface area contributed by atoms with Crippen LogP contribution in [-0.2, 0) is 9.59 Å². The minimum atomic E-state index is -0.956. The maximum atomic E-state index is 13.3. The number of nitrogens with zero attached hydrogens (tertiary/aromatic N) is 2. The van der Waals surface area contributed by atoms with Crippen LogP contribution in [0.2, 0.25) is 0 Å². The second-order valence-corrected chi connectivity index (χ2v) is 9.22. The number of carbonyl (C=O) groups is 4. The van der Waals surface area contributed by atoms with Gasteiger partial charge in [0.1, 0.15) is 17.8 Å². The molecule has 0 aliphatic carbocycles. The molecule has 8 nitrogen and oxygen atoms in total. The van der Waals surface area contributed by atoms with Gasteiger partial charge in [0.2, 0.25) is 11.7 Å². The number of hydrogen-bond donors (Lipinski definition) is 2. The van der Waals surface area contributed by atoms with Gasteiger partial charge in [-0.05, 0) is 45.2 Å². The molecule has 0 spiro atoms. The Morgan fingerprint density at radius 2 is 1.73 bits per heavy atom. The zero-order valence-corrected chi connectivity index (χ0v) is 18.0. The molecule has 0 aromatic heterocycles. The zero-order valence-electron chi connectivity index (χ0n) is 18.0. The third-order valence-electron chi connectivity index (χ3n) is 4.99. The van der Waals surface area contributed by atoms with E-state index in [0.717, 1.165) is 4.90 Å². The minimum absolute atomic E-state index is 0.0678. The highest BCUT2D eigenvalue weighted by atomic mass is 16.2. The molecule has 1 aromatic carbocycles. The van der Waals surface area contributed by atoms with Crippen LogP contribution < -0.4 is 10.7 Å². The molecule has 0 saturated carbocycles. The lowest BCUT2D eigenvalue weighted by Gasteiger charge is -2.26. The number of rotatable bonds is 6. The van der Waals surface area contributed by atoms with Crippen molar-refractivity contribution in [1.29, 1.82) is 0 Å². The number of benzene rings is 1. The van der Waals surface area contributed by atoms with Gasteiger partial charge in [0.25, 0.3) is 11.8 Å². The minimum Gasteiger partial charge on any atom is -0.350 e. The summed E-state index contributed by atoms with van der Waals surface area (Å²) in [6.07, 6.45) is 0.431. The van der Waals surface area contributed by atoms with Crippen molar-refractivity contribution in [3.05, 3.63) is 35.4 Å². The fourth-order valence-corrected chi connectivity index (χ4v) is 3.66. The van der Waals surface area contributed by atoms with Gasteiger partial charge in [-0.2, -0.15) is 5.10 Å². The van der Waals surface area contributed by atoms with Crippen LogP contribution in [0.1, 0.15) is 68.2 Å². The largest absolute Gasteiger partial charge is 0.350 e. The molecule has 0 bridgehead atoms. The highest BCUT2D eigenvalue weighted by molar-refractivity contribution is 6.43. The van der Waals surface area contributed by atoms with E-state index in [1.54, 1.807) is 24.3 Å². The molecule has 2 aliphatic heterocycles. The number of Topliss-reactive ketones (excluding diaryl/α,β-unsaturated/α-hetero) is 1. The summed E-state index contributed by atoms with van der Waals surface area (Å²) in [6.45, 7) is 9.45. The van der Waals surface area contributed by atoms with Crippen LogP contribution in [-0.4, -0.2) is 51.7 Å². The number of ketones is 1. The predicted octanol–water partition coefficient (Wildman–Crippen LogP) is 1.90. The number of nitrogens with one attached hydrogen (secondary N) is 2. The van der Waals surface area contributed by atoms with Crippen LogP contribution >= 0.6 is 0 Å². The van der Waals surface area contributed by atoms with Crippen molar-refractivity contribution in [1.82, 2.24) is 15.6 Å². The standard InChI is InChI=1S/C22H28N4O4/c1-12(2)10-17(26-20(29)13-8-6-7-9-14(13)21(26)30)18(27)15-11-16(25-24-15)19(28)23-22(3,4)5/h6-9,12,16-17,25H,10-11H2,1-5H3,(H,23,28). The SMILES string of the molecule is CC(C)CC(C(=O)C1=NNC(C(=O)NC(C)(C)C)C1)N1C(=O)c2ccccc2C1=O. The molecule has 2 N–H and O–H groups in total. The smallest absolute Gasteiger partial charge is 0.262 e. The van der Waals surface area contributed by atoms with E-state index in [1.165, 1.54) is 0 Å². The number of hydrazone groups is 1. The number of hydrogen-bond acceptors (Lipinski definition) is 6. The Bertz CT molecular complexity index is 894. The first-order chi connectivity index (χ1) is 14.0. The van der Waals surface area contributed by atoms with Crippen molar-refractivity contribution in [3.8, 4) is 0 Å². The number of fused-ring (bicyclic) bond motifs is 1. The molecule has 2 atom stereocenters. The number of carbonyl (C=O) groups excluding carboxylic acids is 4. The van der Waals surface area contributed by atoms with Gasteiger partial charge >= 0.3 is 0 Å². The van der Waals surface area contributed by atoms with Crippen molar-refractivity contribution in [2.24, 2.45) is 11.0 Å². The number of imide groups is 1. The van der Waals surface area contributed by atoms with Crippen LogP contribution in [0, 0.1) is 5.92 Å².